The fourth-order valence-electron chi connectivity index (χ4n) is 5.35. The van der Waals surface area contributed by atoms with E-state index < -0.39 is 0 Å². The van der Waals surface area contributed by atoms with Gasteiger partial charge in [-0.05, 0) is 55.2 Å². The van der Waals surface area contributed by atoms with Gasteiger partial charge in [0.1, 0.15) is 5.75 Å². The van der Waals surface area contributed by atoms with Gasteiger partial charge in [0.15, 0.2) is 0 Å². The van der Waals surface area contributed by atoms with E-state index in [4.69, 9.17) is 4.74 Å². The lowest BCUT2D eigenvalue weighted by molar-refractivity contribution is 0.240. The van der Waals surface area contributed by atoms with Crippen molar-refractivity contribution in [3.05, 3.63) is 48.2 Å². The van der Waals surface area contributed by atoms with Crippen LogP contribution in [0.2, 0.25) is 0 Å². The van der Waals surface area contributed by atoms with Gasteiger partial charge < -0.3 is 4.74 Å². The Morgan fingerprint density at radius 3 is 2.24 bits per heavy atom. The normalized spacial score (nSPS) is 18.4. The topological polar surface area (TPSA) is 22.1 Å². The maximum absolute atomic E-state index is 5.86. The number of aryl methyl sites for hydroxylation is 1. The Hall–Kier alpha value is -1.83. The molecular weight excluding hydrogens is 402 g/mol. The molecule has 0 aliphatic heterocycles. The minimum Gasteiger partial charge on any atom is -0.492 e. The molecule has 1 aromatic heterocycles. The van der Waals surface area contributed by atoms with Crippen LogP contribution in [-0.2, 0) is 6.42 Å². The van der Waals surface area contributed by atoms with Crippen LogP contribution >= 0.6 is 0 Å². The molecule has 0 N–H and O–H groups in total. The van der Waals surface area contributed by atoms with Crippen molar-refractivity contribution in [3.8, 4) is 17.0 Å². The standard InChI is InChI=1S/C31H47NO/c1-3-5-7-8-10-23-33-30-21-22-31(32-25-30)29-19-17-26(18-20-29)15-16-28-14-11-13-27(24-28)12-9-6-4-2/h17-22,25,27-28H,3-16,23-24H2,1-2H3. The van der Waals surface area contributed by atoms with Gasteiger partial charge in [-0.2, -0.15) is 0 Å². The predicted octanol–water partition coefficient (Wildman–Crippen LogP) is 9.42. The number of unbranched alkanes of at least 4 members (excludes halogenated alkanes) is 6. The molecule has 1 aliphatic rings. The van der Waals surface area contributed by atoms with Crippen molar-refractivity contribution in [2.24, 2.45) is 11.8 Å². The molecule has 3 rings (SSSR count). The smallest absolute Gasteiger partial charge is 0.137 e. The highest BCUT2D eigenvalue weighted by atomic mass is 16.5. The van der Waals surface area contributed by atoms with Gasteiger partial charge in [-0.15, -0.1) is 0 Å². The van der Waals surface area contributed by atoms with Crippen molar-refractivity contribution >= 4 is 0 Å². The summed E-state index contributed by atoms with van der Waals surface area (Å²) in [6.45, 7) is 5.35. The summed E-state index contributed by atoms with van der Waals surface area (Å²) < 4.78 is 5.86. The molecular formula is C31H47NO. The monoisotopic (exact) mass is 449 g/mol. The van der Waals surface area contributed by atoms with E-state index >= 15 is 0 Å². The molecule has 0 spiro atoms. The SMILES string of the molecule is CCCCCCCOc1ccc(-c2ccc(CCC3CCCC(CCCCC)C3)cc2)nc1. The van der Waals surface area contributed by atoms with E-state index in [9.17, 15) is 0 Å². The van der Waals surface area contributed by atoms with Gasteiger partial charge in [0, 0.05) is 5.56 Å². The quantitative estimate of drug-likeness (QED) is 0.253. The van der Waals surface area contributed by atoms with E-state index in [1.54, 1.807) is 0 Å². The number of hydrogen-bond acceptors (Lipinski definition) is 2. The van der Waals surface area contributed by atoms with Crippen LogP contribution in [0, 0.1) is 11.8 Å². The van der Waals surface area contributed by atoms with Crippen LogP contribution in [0.3, 0.4) is 0 Å². The summed E-state index contributed by atoms with van der Waals surface area (Å²) in [5.74, 6) is 2.81. The Morgan fingerprint density at radius 1 is 0.788 bits per heavy atom. The lowest BCUT2D eigenvalue weighted by atomic mass is 9.77. The molecule has 1 aliphatic carbocycles. The lowest BCUT2D eigenvalue weighted by Gasteiger charge is -2.29. The fourth-order valence-corrected chi connectivity index (χ4v) is 5.35. The molecule has 0 amide bonds. The summed E-state index contributed by atoms with van der Waals surface area (Å²) in [4.78, 5) is 4.64. The van der Waals surface area contributed by atoms with Crippen molar-refractivity contribution in [2.75, 3.05) is 6.61 Å². The third-order valence-electron chi connectivity index (χ3n) is 7.45. The average Bonchev–Trinajstić information content (AvgIpc) is 2.86. The predicted molar refractivity (Wildman–Crippen MR) is 142 cm³/mol. The van der Waals surface area contributed by atoms with Gasteiger partial charge in [0.2, 0.25) is 0 Å². The Kier molecular flexibility index (Phi) is 11.8. The zero-order valence-electron chi connectivity index (χ0n) is 21.4. The van der Waals surface area contributed by atoms with Crippen LogP contribution in [0.5, 0.6) is 5.75 Å². The second-order valence-electron chi connectivity index (χ2n) is 10.3. The number of hydrogen-bond donors (Lipinski definition) is 0. The lowest BCUT2D eigenvalue weighted by Crippen LogP contribution is -2.16. The van der Waals surface area contributed by atoms with Crippen LogP contribution in [0.4, 0.5) is 0 Å². The van der Waals surface area contributed by atoms with E-state index in [1.165, 1.54) is 101 Å². The molecule has 33 heavy (non-hydrogen) atoms. The molecule has 1 fully saturated rings. The van der Waals surface area contributed by atoms with Gasteiger partial charge in [0.05, 0.1) is 18.5 Å². The molecule has 2 heteroatoms. The van der Waals surface area contributed by atoms with Gasteiger partial charge in [0.25, 0.3) is 0 Å². The van der Waals surface area contributed by atoms with E-state index in [2.05, 4.69) is 55.2 Å². The fraction of sp³-hybridized carbons (Fsp3) is 0.645. The molecule has 182 valence electrons. The molecule has 1 heterocycles. The van der Waals surface area contributed by atoms with Crippen molar-refractivity contribution in [3.63, 3.8) is 0 Å². The van der Waals surface area contributed by atoms with Crippen molar-refractivity contribution in [2.45, 2.75) is 110 Å². The molecule has 0 saturated heterocycles. The van der Waals surface area contributed by atoms with Crippen LogP contribution < -0.4 is 4.74 Å². The highest BCUT2D eigenvalue weighted by Gasteiger charge is 2.21. The highest BCUT2D eigenvalue weighted by molar-refractivity contribution is 5.59. The first kappa shape index (κ1) is 25.8. The molecule has 0 bridgehead atoms. The first-order valence-corrected chi connectivity index (χ1v) is 14.0. The van der Waals surface area contributed by atoms with Crippen LogP contribution in [0.25, 0.3) is 11.3 Å². The largest absolute Gasteiger partial charge is 0.492 e. The molecule has 1 aromatic carbocycles. The second-order valence-corrected chi connectivity index (χ2v) is 10.3. The summed E-state index contributed by atoms with van der Waals surface area (Å²) in [7, 11) is 0. The first-order chi connectivity index (χ1) is 16.3. The van der Waals surface area contributed by atoms with Gasteiger partial charge in [-0.25, -0.2) is 0 Å². The Labute approximate surface area is 203 Å². The van der Waals surface area contributed by atoms with Crippen LogP contribution in [0.15, 0.2) is 42.6 Å². The van der Waals surface area contributed by atoms with Gasteiger partial charge in [-0.3, -0.25) is 4.98 Å². The molecule has 2 unspecified atom stereocenters. The number of pyridine rings is 1. The Bertz CT molecular complexity index is 751. The van der Waals surface area contributed by atoms with Crippen molar-refractivity contribution in [1.82, 2.24) is 4.98 Å². The maximum atomic E-state index is 5.86. The van der Waals surface area contributed by atoms with Crippen molar-refractivity contribution < 1.29 is 4.74 Å². The van der Waals surface area contributed by atoms with Crippen LogP contribution in [-0.4, -0.2) is 11.6 Å². The first-order valence-electron chi connectivity index (χ1n) is 14.0. The summed E-state index contributed by atoms with van der Waals surface area (Å²) in [5, 5.41) is 0. The van der Waals surface area contributed by atoms with Gasteiger partial charge in [-0.1, -0.05) is 109 Å². The number of rotatable bonds is 15. The zero-order chi connectivity index (χ0) is 23.1. The van der Waals surface area contributed by atoms with Crippen LogP contribution in [0.1, 0.15) is 109 Å². The number of nitrogens with zero attached hydrogens (tertiary/aromatic N) is 1. The zero-order valence-corrected chi connectivity index (χ0v) is 21.4. The average molecular weight is 450 g/mol. The minimum absolute atomic E-state index is 0.792. The second kappa shape index (κ2) is 15.1. The summed E-state index contributed by atoms with van der Waals surface area (Å²) in [6, 6.07) is 13.2. The third kappa shape index (κ3) is 9.51. The number of aromatic nitrogens is 1. The van der Waals surface area contributed by atoms with E-state index in [0.717, 1.165) is 36.3 Å². The highest BCUT2D eigenvalue weighted by Crippen LogP contribution is 2.35. The molecule has 1 saturated carbocycles. The van der Waals surface area contributed by atoms with E-state index in [0.29, 0.717) is 0 Å². The van der Waals surface area contributed by atoms with Crippen molar-refractivity contribution in [1.29, 1.82) is 0 Å². The number of ether oxygens (including phenoxy) is 1. The minimum atomic E-state index is 0.792. The maximum Gasteiger partial charge on any atom is 0.137 e. The summed E-state index contributed by atoms with van der Waals surface area (Å²) in [6.07, 6.45) is 22.3. The Balaban J connectivity index is 1.39. The molecule has 2 nitrogen and oxygen atoms in total. The summed E-state index contributed by atoms with van der Waals surface area (Å²) >= 11 is 0. The molecule has 2 atom stereocenters. The summed E-state index contributed by atoms with van der Waals surface area (Å²) in [5.41, 5.74) is 3.69. The van der Waals surface area contributed by atoms with Gasteiger partial charge >= 0.3 is 0 Å². The van der Waals surface area contributed by atoms with E-state index in [1.807, 2.05) is 6.20 Å². The molecule has 2 aromatic rings. The Morgan fingerprint density at radius 2 is 1.52 bits per heavy atom. The number of benzene rings is 1. The molecule has 0 radical (unpaired) electrons. The third-order valence-corrected chi connectivity index (χ3v) is 7.45. The van der Waals surface area contributed by atoms with E-state index in [-0.39, 0.29) is 0 Å².